The zero-order chi connectivity index (χ0) is 19.2. The van der Waals surface area contributed by atoms with Crippen molar-refractivity contribution in [1.29, 1.82) is 0 Å². The molecule has 2 atom stereocenters. The molecule has 1 saturated carbocycles. The lowest BCUT2D eigenvalue weighted by Crippen LogP contribution is -2.48. The SMILES string of the molecule is Cc1csc(-c2ccc(OCC(=O)NC(=O)N[C@@H]3CCCC[C@H]3C)cc2)n1. The molecule has 7 heteroatoms. The van der Waals surface area contributed by atoms with E-state index in [9.17, 15) is 9.59 Å². The molecule has 1 heterocycles. The molecule has 1 aliphatic rings. The molecule has 144 valence electrons. The number of nitrogens with zero attached hydrogens (tertiary/aromatic N) is 1. The number of urea groups is 1. The number of carbonyl (C=O) groups excluding carboxylic acids is 2. The summed E-state index contributed by atoms with van der Waals surface area (Å²) in [7, 11) is 0. The molecular formula is C20H25N3O3S. The first kappa shape index (κ1) is 19.4. The van der Waals surface area contributed by atoms with Gasteiger partial charge in [0.15, 0.2) is 6.61 Å². The molecule has 0 unspecified atom stereocenters. The normalized spacial score (nSPS) is 19.3. The molecule has 0 spiro atoms. The number of rotatable bonds is 5. The van der Waals surface area contributed by atoms with E-state index in [4.69, 9.17) is 4.74 Å². The molecule has 0 radical (unpaired) electrons. The number of aromatic nitrogens is 1. The first-order chi connectivity index (χ1) is 13.0. The van der Waals surface area contributed by atoms with E-state index < -0.39 is 11.9 Å². The van der Waals surface area contributed by atoms with Crippen LogP contribution in [0, 0.1) is 12.8 Å². The number of nitrogens with one attached hydrogen (secondary N) is 2. The first-order valence-electron chi connectivity index (χ1n) is 9.27. The second-order valence-electron chi connectivity index (χ2n) is 7.00. The lowest BCUT2D eigenvalue weighted by molar-refractivity contribution is -0.122. The van der Waals surface area contributed by atoms with Crippen LogP contribution in [0.3, 0.4) is 0 Å². The van der Waals surface area contributed by atoms with Gasteiger partial charge in [0.2, 0.25) is 0 Å². The fraction of sp³-hybridized carbons (Fsp3) is 0.450. The number of imide groups is 1. The topological polar surface area (TPSA) is 80.3 Å². The number of ether oxygens (including phenoxy) is 1. The minimum Gasteiger partial charge on any atom is -0.484 e. The molecule has 0 saturated heterocycles. The number of amides is 3. The summed E-state index contributed by atoms with van der Waals surface area (Å²) in [5.74, 6) is 0.551. The second kappa shape index (κ2) is 8.99. The Labute approximate surface area is 163 Å². The summed E-state index contributed by atoms with van der Waals surface area (Å²) in [5, 5.41) is 8.18. The number of hydrogen-bond donors (Lipinski definition) is 2. The molecule has 27 heavy (non-hydrogen) atoms. The van der Waals surface area contributed by atoms with Crippen molar-refractivity contribution in [3.63, 3.8) is 0 Å². The maximum atomic E-state index is 12.0. The van der Waals surface area contributed by atoms with E-state index in [1.54, 1.807) is 23.5 Å². The number of carbonyl (C=O) groups is 2. The minimum atomic E-state index is -0.462. The Bertz CT molecular complexity index is 788. The van der Waals surface area contributed by atoms with E-state index in [0.29, 0.717) is 11.7 Å². The van der Waals surface area contributed by atoms with E-state index in [-0.39, 0.29) is 12.6 Å². The van der Waals surface area contributed by atoms with Crippen LogP contribution in [0.1, 0.15) is 38.3 Å². The summed E-state index contributed by atoms with van der Waals surface area (Å²) in [6, 6.07) is 7.09. The predicted octanol–water partition coefficient (Wildman–Crippen LogP) is 3.90. The minimum absolute atomic E-state index is 0.134. The van der Waals surface area contributed by atoms with Crippen molar-refractivity contribution in [3.05, 3.63) is 35.3 Å². The molecule has 0 aliphatic heterocycles. The van der Waals surface area contributed by atoms with Gasteiger partial charge in [-0.25, -0.2) is 9.78 Å². The van der Waals surface area contributed by atoms with Gasteiger partial charge >= 0.3 is 6.03 Å². The van der Waals surface area contributed by atoms with Gasteiger partial charge in [-0.1, -0.05) is 19.8 Å². The molecule has 3 rings (SSSR count). The van der Waals surface area contributed by atoms with Crippen molar-refractivity contribution in [1.82, 2.24) is 15.6 Å². The van der Waals surface area contributed by atoms with Crippen LogP contribution in [0.2, 0.25) is 0 Å². The Kier molecular flexibility index (Phi) is 6.45. The average molecular weight is 388 g/mol. The Balaban J connectivity index is 1.44. The monoisotopic (exact) mass is 387 g/mol. The molecule has 2 N–H and O–H groups in total. The summed E-state index contributed by atoms with van der Waals surface area (Å²) in [4.78, 5) is 28.4. The molecular weight excluding hydrogens is 362 g/mol. The molecule has 0 bridgehead atoms. The van der Waals surface area contributed by atoms with Gasteiger partial charge in [-0.15, -0.1) is 11.3 Å². The van der Waals surface area contributed by atoms with Crippen molar-refractivity contribution < 1.29 is 14.3 Å². The Hall–Kier alpha value is -2.41. The van der Waals surface area contributed by atoms with E-state index in [1.165, 1.54) is 6.42 Å². The lowest BCUT2D eigenvalue weighted by atomic mass is 9.86. The second-order valence-corrected chi connectivity index (χ2v) is 7.86. The maximum absolute atomic E-state index is 12.0. The first-order valence-corrected chi connectivity index (χ1v) is 10.1. The smallest absolute Gasteiger partial charge is 0.321 e. The highest BCUT2D eigenvalue weighted by Crippen LogP contribution is 2.25. The van der Waals surface area contributed by atoms with Gasteiger partial charge < -0.3 is 10.1 Å². The Morgan fingerprint density at radius 3 is 2.63 bits per heavy atom. The third-order valence-electron chi connectivity index (χ3n) is 4.77. The van der Waals surface area contributed by atoms with Crippen LogP contribution < -0.4 is 15.4 Å². The molecule has 2 aromatic rings. The third kappa shape index (κ3) is 5.53. The van der Waals surface area contributed by atoms with Crippen LogP contribution in [-0.4, -0.2) is 29.6 Å². The average Bonchev–Trinajstić information content (AvgIpc) is 3.09. The number of hydrogen-bond acceptors (Lipinski definition) is 5. The van der Waals surface area contributed by atoms with E-state index in [0.717, 1.165) is 35.5 Å². The van der Waals surface area contributed by atoms with Crippen LogP contribution >= 0.6 is 11.3 Å². The zero-order valence-corrected chi connectivity index (χ0v) is 16.5. The lowest BCUT2D eigenvalue weighted by Gasteiger charge is -2.29. The standard InChI is InChI=1S/C20H25N3O3S/c1-13-5-3-4-6-17(13)22-20(25)23-18(24)11-26-16-9-7-15(8-10-16)19-21-14(2)12-27-19/h7-10,12-13,17H,3-6,11H2,1-2H3,(H2,22,23,24,25)/t13-,17-/m1/s1. The van der Waals surface area contributed by atoms with Crippen molar-refractivity contribution in [3.8, 4) is 16.3 Å². The van der Waals surface area contributed by atoms with Crippen molar-refractivity contribution in [2.45, 2.75) is 45.6 Å². The van der Waals surface area contributed by atoms with Gasteiger partial charge in [-0.05, 0) is 49.9 Å². The summed E-state index contributed by atoms with van der Waals surface area (Å²) < 4.78 is 5.47. The summed E-state index contributed by atoms with van der Waals surface area (Å²) in [6.45, 7) is 3.89. The molecule has 1 aromatic heterocycles. The highest BCUT2D eigenvalue weighted by atomic mass is 32.1. The Morgan fingerprint density at radius 2 is 1.96 bits per heavy atom. The maximum Gasteiger partial charge on any atom is 0.321 e. The van der Waals surface area contributed by atoms with E-state index >= 15 is 0 Å². The quantitative estimate of drug-likeness (QED) is 0.815. The molecule has 6 nitrogen and oxygen atoms in total. The predicted molar refractivity (Wildman–Crippen MR) is 106 cm³/mol. The fourth-order valence-electron chi connectivity index (χ4n) is 3.23. The third-order valence-corrected chi connectivity index (χ3v) is 5.78. The van der Waals surface area contributed by atoms with Crippen molar-refractivity contribution in [2.75, 3.05) is 6.61 Å². The van der Waals surface area contributed by atoms with Gasteiger partial charge in [0.25, 0.3) is 5.91 Å². The number of benzene rings is 1. The number of aryl methyl sites for hydroxylation is 1. The molecule has 1 aromatic carbocycles. The summed E-state index contributed by atoms with van der Waals surface area (Å²) in [6.07, 6.45) is 4.39. The van der Waals surface area contributed by atoms with Crippen LogP contribution in [-0.2, 0) is 4.79 Å². The Morgan fingerprint density at radius 1 is 1.22 bits per heavy atom. The van der Waals surface area contributed by atoms with Crippen LogP contribution in [0.5, 0.6) is 5.75 Å². The summed E-state index contributed by atoms with van der Waals surface area (Å²) in [5.41, 5.74) is 2.00. The van der Waals surface area contributed by atoms with Crippen molar-refractivity contribution in [2.24, 2.45) is 5.92 Å². The van der Waals surface area contributed by atoms with Crippen LogP contribution in [0.15, 0.2) is 29.6 Å². The van der Waals surface area contributed by atoms with Crippen LogP contribution in [0.25, 0.3) is 10.6 Å². The molecule has 1 fully saturated rings. The summed E-state index contributed by atoms with van der Waals surface area (Å²) >= 11 is 1.59. The highest BCUT2D eigenvalue weighted by molar-refractivity contribution is 7.13. The zero-order valence-electron chi connectivity index (χ0n) is 15.7. The fourth-order valence-corrected chi connectivity index (χ4v) is 4.03. The molecule has 3 amide bonds. The van der Waals surface area contributed by atoms with E-state index in [1.807, 2.05) is 24.4 Å². The van der Waals surface area contributed by atoms with Gasteiger partial charge in [0.05, 0.1) is 0 Å². The highest BCUT2D eigenvalue weighted by Gasteiger charge is 2.23. The van der Waals surface area contributed by atoms with Crippen molar-refractivity contribution >= 4 is 23.3 Å². The number of thiazole rings is 1. The molecule has 1 aliphatic carbocycles. The van der Waals surface area contributed by atoms with Gasteiger partial charge in [0.1, 0.15) is 10.8 Å². The van der Waals surface area contributed by atoms with E-state index in [2.05, 4.69) is 22.5 Å². The van der Waals surface area contributed by atoms with Gasteiger partial charge in [0, 0.05) is 22.7 Å². The largest absolute Gasteiger partial charge is 0.484 e. The van der Waals surface area contributed by atoms with Gasteiger partial charge in [-0.3, -0.25) is 10.1 Å². The van der Waals surface area contributed by atoms with Gasteiger partial charge in [-0.2, -0.15) is 0 Å². The van der Waals surface area contributed by atoms with Crippen LogP contribution in [0.4, 0.5) is 4.79 Å².